The summed E-state index contributed by atoms with van der Waals surface area (Å²) in [5.41, 5.74) is 4.21. The van der Waals surface area contributed by atoms with Crippen molar-refractivity contribution in [1.82, 2.24) is 19.7 Å². The first-order valence-electron chi connectivity index (χ1n) is 12.0. The number of H-pyrrole nitrogens is 1. The summed E-state index contributed by atoms with van der Waals surface area (Å²) in [7, 11) is 4.91. The number of nitrogens with zero attached hydrogens (tertiary/aromatic N) is 3. The number of methoxy groups -OCH3 is 2. The molecule has 1 amide bonds. The first-order chi connectivity index (χ1) is 18.9. The summed E-state index contributed by atoms with van der Waals surface area (Å²) in [6.45, 7) is 3.54. The zero-order valence-electron chi connectivity index (χ0n) is 21.6. The lowest BCUT2D eigenvalue weighted by atomic mass is 10.0. The van der Waals surface area contributed by atoms with Crippen LogP contribution in [0.15, 0.2) is 79.6 Å². The Kier molecular flexibility index (Phi) is 6.83. The van der Waals surface area contributed by atoms with Crippen LogP contribution in [0.25, 0.3) is 22.3 Å². The third-order valence-electron chi connectivity index (χ3n) is 6.13. The molecule has 0 unspecified atom stereocenters. The van der Waals surface area contributed by atoms with Crippen molar-refractivity contribution in [3.05, 3.63) is 90.8 Å². The molecule has 0 radical (unpaired) electrons. The summed E-state index contributed by atoms with van der Waals surface area (Å²) in [6, 6.07) is 16.1. The average Bonchev–Trinajstić information content (AvgIpc) is 3.59. The van der Waals surface area contributed by atoms with Crippen molar-refractivity contribution in [2.75, 3.05) is 24.9 Å². The molecule has 2 aromatic carbocycles. The standard InChI is InChI=1S/C29H26N6O4/c1-5-27(36)32-25-14-17(23-10-11-35(2)34-23)6-8-24(25)31-26-9-7-21-22(16-30-29(21)33-26)28(37)18-12-19(38-3)15-20(13-18)39-4/h5-16H,1H2,2-4H3,(H,32,36)(H2,30,31,33). The first kappa shape index (κ1) is 25.3. The Morgan fingerprint density at radius 3 is 2.44 bits per heavy atom. The Balaban J connectivity index is 1.45. The summed E-state index contributed by atoms with van der Waals surface area (Å²) in [5, 5.41) is 11.2. The second-order valence-electron chi connectivity index (χ2n) is 8.68. The Bertz CT molecular complexity index is 1700. The predicted octanol–water partition coefficient (Wildman–Crippen LogP) is 5.08. The molecular formula is C29H26N6O4. The zero-order valence-corrected chi connectivity index (χ0v) is 21.6. The number of ketones is 1. The number of pyridine rings is 1. The van der Waals surface area contributed by atoms with Gasteiger partial charge in [-0.05, 0) is 48.5 Å². The van der Waals surface area contributed by atoms with Crippen molar-refractivity contribution in [3.63, 3.8) is 0 Å². The molecule has 0 aliphatic heterocycles. The number of aryl methyl sites for hydroxylation is 1. The van der Waals surface area contributed by atoms with Crippen molar-refractivity contribution in [1.29, 1.82) is 0 Å². The highest BCUT2D eigenvalue weighted by molar-refractivity contribution is 6.16. The van der Waals surface area contributed by atoms with E-state index in [2.05, 4.69) is 32.3 Å². The van der Waals surface area contributed by atoms with Crippen molar-refractivity contribution in [3.8, 4) is 22.8 Å². The van der Waals surface area contributed by atoms with Gasteiger partial charge in [0.15, 0.2) is 5.78 Å². The molecule has 5 aromatic rings. The summed E-state index contributed by atoms with van der Waals surface area (Å²) in [5.74, 6) is 1.03. The smallest absolute Gasteiger partial charge is 0.247 e. The van der Waals surface area contributed by atoms with Crippen LogP contribution in [-0.4, -0.2) is 45.7 Å². The second kappa shape index (κ2) is 10.5. The number of anilines is 3. The topological polar surface area (TPSA) is 123 Å². The number of rotatable bonds is 9. The molecule has 0 spiro atoms. The molecule has 0 fully saturated rings. The Morgan fingerprint density at radius 2 is 1.77 bits per heavy atom. The third kappa shape index (κ3) is 5.21. The maximum absolute atomic E-state index is 13.3. The Hall–Kier alpha value is -5.38. The maximum Gasteiger partial charge on any atom is 0.247 e. The van der Waals surface area contributed by atoms with Crippen molar-refractivity contribution < 1.29 is 19.1 Å². The molecule has 3 aromatic heterocycles. The Morgan fingerprint density at radius 1 is 1.00 bits per heavy atom. The largest absolute Gasteiger partial charge is 0.497 e. The molecule has 0 saturated carbocycles. The lowest BCUT2D eigenvalue weighted by molar-refractivity contribution is -0.111. The Labute approximate surface area is 224 Å². The van der Waals surface area contributed by atoms with Gasteiger partial charge in [-0.15, -0.1) is 0 Å². The molecule has 0 atom stereocenters. The summed E-state index contributed by atoms with van der Waals surface area (Å²) >= 11 is 0. The van der Waals surface area contributed by atoms with Crippen molar-refractivity contribution >= 4 is 39.9 Å². The van der Waals surface area contributed by atoms with Crippen LogP contribution in [0.3, 0.4) is 0 Å². The van der Waals surface area contributed by atoms with Crippen LogP contribution < -0.4 is 20.1 Å². The predicted molar refractivity (Wildman–Crippen MR) is 150 cm³/mol. The molecular weight excluding hydrogens is 496 g/mol. The van der Waals surface area contributed by atoms with E-state index in [1.54, 1.807) is 35.1 Å². The number of benzene rings is 2. The van der Waals surface area contributed by atoms with Crippen LogP contribution in [0.5, 0.6) is 11.5 Å². The van der Waals surface area contributed by atoms with E-state index >= 15 is 0 Å². The second-order valence-corrected chi connectivity index (χ2v) is 8.68. The number of nitrogens with one attached hydrogen (secondary N) is 3. The number of hydrogen-bond acceptors (Lipinski definition) is 7. The molecule has 3 N–H and O–H groups in total. The molecule has 0 aliphatic rings. The lowest BCUT2D eigenvalue weighted by Crippen LogP contribution is -2.09. The van der Waals surface area contributed by atoms with Gasteiger partial charge in [0, 0.05) is 47.6 Å². The molecule has 3 heterocycles. The van der Waals surface area contributed by atoms with Gasteiger partial charge in [-0.25, -0.2) is 4.98 Å². The number of carbonyl (C=O) groups excluding carboxylic acids is 2. The zero-order chi connectivity index (χ0) is 27.5. The van der Waals surface area contributed by atoms with Gasteiger partial charge in [-0.2, -0.15) is 5.10 Å². The van der Waals surface area contributed by atoms with E-state index in [1.165, 1.54) is 20.3 Å². The SMILES string of the molecule is C=CC(=O)Nc1cc(-c2ccn(C)n2)ccc1Nc1ccc2c(C(=O)c3cc(OC)cc(OC)c3)c[nH]c2n1. The number of aromatic amines is 1. The van der Waals surface area contributed by atoms with E-state index in [9.17, 15) is 9.59 Å². The van der Waals surface area contributed by atoms with Crippen molar-refractivity contribution in [2.45, 2.75) is 0 Å². The van der Waals surface area contributed by atoms with Crippen LogP contribution >= 0.6 is 0 Å². The molecule has 196 valence electrons. The average molecular weight is 523 g/mol. The van der Waals surface area contributed by atoms with E-state index < -0.39 is 0 Å². The van der Waals surface area contributed by atoms with E-state index in [0.29, 0.717) is 50.9 Å². The van der Waals surface area contributed by atoms with Gasteiger partial charge in [0.1, 0.15) is 23.0 Å². The number of fused-ring (bicyclic) bond motifs is 1. The number of hydrogen-bond donors (Lipinski definition) is 3. The molecule has 0 saturated heterocycles. The van der Waals surface area contributed by atoms with Gasteiger partial charge in [-0.3, -0.25) is 14.3 Å². The molecule has 5 rings (SSSR count). The summed E-state index contributed by atoms with van der Waals surface area (Å²) in [6.07, 6.45) is 4.69. The highest BCUT2D eigenvalue weighted by Crippen LogP contribution is 2.32. The van der Waals surface area contributed by atoms with Gasteiger partial charge >= 0.3 is 0 Å². The number of ether oxygens (including phenoxy) is 2. The molecule has 0 aliphatic carbocycles. The van der Waals surface area contributed by atoms with Crippen LogP contribution in [-0.2, 0) is 11.8 Å². The molecule has 0 bridgehead atoms. The van der Waals surface area contributed by atoms with Gasteiger partial charge in [0.05, 0.1) is 31.3 Å². The number of amides is 1. The first-order valence-corrected chi connectivity index (χ1v) is 12.0. The summed E-state index contributed by atoms with van der Waals surface area (Å²) in [4.78, 5) is 33.2. The number of carbonyl (C=O) groups is 2. The fraction of sp³-hybridized carbons (Fsp3) is 0.103. The molecule has 10 nitrogen and oxygen atoms in total. The number of aromatic nitrogens is 4. The van der Waals surface area contributed by atoms with Gasteiger partial charge in [0.2, 0.25) is 5.91 Å². The normalized spacial score (nSPS) is 10.7. The minimum absolute atomic E-state index is 0.194. The van der Waals surface area contributed by atoms with Crippen molar-refractivity contribution in [2.24, 2.45) is 7.05 Å². The fourth-order valence-corrected chi connectivity index (χ4v) is 4.16. The summed E-state index contributed by atoms with van der Waals surface area (Å²) < 4.78 is 12.3. The van der Waals surface area contributed by atoms with Crippen LogP contribution in [0.2, 0.25) is 0 Å². The van der Waals surface area contributed by atoms with Crippen LogP contribution in [0, 0.1) is 0 Å². The van der Waals surface area contributed by atoms with Crippen LogP contribution in [0.1, 0.15) is 15.9 Å². The minimum Gasteiger partial charge on any atom is -0.497 e. The fourth-order valence-electron chi connectivity index (χ4n) is 4.16. The van der Waals surface area contributed by atoms with Gasteiger partial charge < -0.3 is 25.1 Å². The van der Waals surface area contributed by atoms with Gasteiger partial charge in [-0.1, -0.05) is 12.6 Å². The quantitative estimate of drug-likeness (QED) is 0.182. The van der Waals surface area contributed by atoms with Crippen LogP contribution in [0.4, 0.5) is 17.2 Å². The minimum atomic E-state index is -0.346. The highest BCUT2D eigenvalue weighted by Gasteiger charge is 2.18. The maximum atomic E-state index is 13.3. The highest BCUT2D eigenvalue weighted by atomic mass is 16.5. The van der Waals surface area contributed by atoms with Gasteiger partial charge in [0.25, 0.3) is 0 Å². The van der Waals surface area contributed by atoms with E-state index in [4.69, 9.17) is 9.47 Å². The molecule has 39 heavy (non-hydrogen) atoms. The monoisotopic (exact) mass is 522 g/mol. The van der Waals surface area contributed by atoms with E-state index in [0.717, 1.165) is 11.3 Å². The van der Waals surface area contributed by atoms with E-state index in [1.807, 2.05) is 43.6 Å². The molecule has 10 heteroatoms. The van der Waals surface area contributed by atoms with E-state index in [-0.39, 0.29) is 11.7 Å². The lowest BCUT2D eigenvalue weighted by Gasteiger charge is -2.13. The third-order valence-corrected chi connectivity index (χ3v) is 6.13.